The second kappa shape index (κ2) is 13.6. The number of benzene rings is 4. The molecule has 7 rings (SSSR count). The minimum absolute atomic E-state index is 0.252. The lowest BCUT2D eigenvalue weighted by atomic mass is 9.95. The van der Waals surface area contributed by atoms with E-state index < -0.39 is 0 Å². The highest BCUT2D eigenvalue weighted by atomic mass is 32.1. The van der Waals surface area contributed by atoms with E-state index >= 15 is 0 Å². The molecule has 0 saturated carbocycles. The Morgan fingerprint density at radius 2 is 1.49 bits per heavy atom. The topological polar surface area (TPSA) is 28.2 Å². The predicted molar refractivity (Wildman–Crippen MR) is 183 cm³/mol. The Bertz CT molecular complexity index is 1690. The third-order valence-electron chi connectivity index (χ3n) is 9.12. The Labute approximate surface area is 269 Å². The van der Waals surface area contributed by atoms with Gasteiger partial charge in [-0.05, 0) is 91.5 Å². The summed E-state index contributed by atoms with van der Waals surface area (Å²) in [6, 6.07) is 31.4. The van der Waals surface area contributed by atoms with Crippen molar-refractivity contribution in [2.75, 3.05) is 57.8 Å². The maximum absolute atomic E-state index is 13.8. The normalized spacial score (nSPS) is 16.7. The van der Waals surface area contributed by atoms with Crippen molar-refractivity contribution < 1.29 is 13.9 Å². The molecule has 0 bridgehead atoms. The minimum atomic E-state index is -0.252. The van der Waals surface area contributed by atoms with Gasteiger partial charge in [-0.2, -0.15) is 0 Å². The van der Waals surface area contributed by atoms with E-state index in [0.717, 1.165) is 62.3 Å². The lowest BCUT2D eigenvalue weighted by Crippen LogP contribution is -2.47. The number of thiophene rings is 1. The monoisotopic (exact) mass is 621 g/mol. The number of nitrogens with zero attached hydrogens (tertiary/aromatic N) is 3. The molecule has 5 aromatic rings. The number of piperazine rings is 1. The van der Waals surface area contributed by atoms with E-state index in [0.29, 0.717) is 6.61 Å². The summed E-state index contributed by atoms with van der Waals surface area (Å²) in [5.41, 5.74) is 3.29. The Kier molecular flexibility index (Phi) is 9.01. The average Bonchev–Trinajstić information content (AvgIpc) is 3.43. The summed E-state index contributed by atoms with van der Waals surface area (Å²) < 4.78 is 27.6. The van der Waals surface area contributed by atoms with Crippen LogP contribution in [0.1, 0.15) is 18.4 Å². The summed E-state index contributed by atoms with van der Waals surface area (Å²) in [6.45, 7) is 8.70. The molecule has 0 radical (unpaired) electrons. The van der Waals surface area contributed by atoms with E-state index in [-0.39, 0.29) is 5.82 Å². The van der Waals surface area contributed by atoms with Crippen LogP contribution < -0.4 is 14.4 Å². The van der Waals surface area contributed by atoms with Crippen LogP contribution in [-0.2, 0) is 6.61 Å². The SMILES string of the molecule is CN1CCN(CC2CCN(c3ccc(Oc4c(-c5ccc(F)cc5)sc5cc(OCc6ccccc6)ccc45)cc3)CC2)CC1. The Hall–Kier alpha value is -3.91. The van der Waals surface area contributed by atoms with Crippen LogP contribution in [0.25, 0.3) is 20.5 Å². The van der Waals surface area contributed by atoms with Crippen LogP contribution in [0.2, 0.25) is 0 Å². The molecule has 1 aromatic heterocycles. The fourth-order valence-electron chi connectivity index (χ4n) is 6.39. The molecule has 0 atom stereocenters. The van der Waals surface area contributed by atoms with Crippen molar-refractivity contribution in [3.63, 3.8) is 0 Å². The summed E-state index contributed by atoms with van der Waals surface area (Å²) in [4.78, 5) is 8.55. The second-order valence-corrected chi connectivity index (χ2v) is 13.4. The van der Waals surface area contributed by atoms with E-state index in [1.807, 2.05) is 36.4 Å². The molecule has 4 aromatic carbocycles. The number of ether oxygens (including phenoxy) is 2. The van der Waals surface area contributed by atoms with Gasteiger partial charge in [0.05, 0.1) is 4.88 Å². The standard InChI is InChI=1S/C38H40FN3O2S/c1-40-21-23-41(24-22-40)26-28-17-19-42(20-18-28)32-11-13-33(14-12-32)44-37-35-16-15-34(43-27-29-5-3-2-4-6-29)25-36(35)45-38(37)30-7-9-31(39)10-8-30/h2-16,25,28H,17-24,26-27H2,1H3. The molecule has 2 aliphatic heterocycles. The van der Waals surface area contributed by atoms with E-state index in [4.69, 9.17) is 9.47 Å². The van der Waals surface area contributed by atoms with E-state index in [1.165, 1.54) is 63.4 Å². The Morgan fingerprint density at radius 1 is 0.778 bits per heavy atom. The lowest BCUT2D eigenvalue weighted by molar-refractivity contribution is 0.129. The molecule has 232 valence electrons. The van der Waals surface area contributed by atoms with Crippen molar-refractivity contribution >= 4 is 27.1 Å². The fourth-order valence-corrected chi connectivity index (χ4v) is 7.55. The van der Waals surface area contributed by atoms with Crippen molar-refractivity contribution in [3.8, 4) is 27.7 Å². The van der Waals surface area contributed by atoms with Gasteiger partial charge < -0.3 is 24.2 Å². The molecule has 2 fully saturated rings. The molecular weight excluding hydrogens is 582 g/mol. The molecular formula is C38H40FN3O2S. The highest BCUT2D eigenvalue weighted by molar-refractivity contribution is 7.22. The Balaban J connectivity index is 1.05. The molecule has 5 nitrogen and oxygen atoms in total. The zero-order valence-electron chi connectivity index (χ0n) is 25.8. The number of hydrogen-bond acceptors (Lipinski definition) is 6. The molecule has 7 heteroatoms. The van der Waals surface area contributed by atoms with Crippen molar-refractivity contribution in [2.45, 2.75) is 19.4 Å². The molecule has 45 heavy (non-hydrogen) atoms. The van der Waals surface area contributed by atoms with Gasteiger partial charge in [0.2, 0.25) is 0 Å². The van der Waals surface area contributed by atoms with Gasteiger partial charge in [0.25, 0.3) is 0 Å². The maximum Gasteiger partial charge on any atom is 0.153 e. The molecule has 0 unspecified atom stereocenters. The van der Waals surface area contributed by atoms with Crippen LogP contribution in [0.4, 0.5) is 10.1 Å². The highest BCUT2D eigenvalue weighted by Crippen LogP contribution is 2.47. The largest absolute Gasteiger partial charge is 0.489 e. The summed E-state index contributed by atoms with van der Waals surface area (Å²) in [7, 11) is 2.22. The van der Waals surface area contributed by atoms with Crippen molar-refractivity contribution in [1.29, 1.82) is 0 Å². The maximum atomic E-state index is 13.8. The predicted octanol–water partition coefficient (Wildman–Crippen LogP) is 8.54. The van der Waals surface area contributed by atoms with Crippen LogP contribution in [0.5, 0.6) is 17.2 Å². The summed E-state index contributed by atoms with van der Waals surface area (Å²) >= 11 is 1.63. The van der Waals surface area contributed by atoms with Gasteiger partial charge in [0.1, 0.15) is 23.9 Å². The molecule has 2 aliphatic rings. The van der Waals surface area contributed by atoms with Crippen molar-refractivity contribution in [1.82, 2.24) is 9.80 Å². The number of likely N-dealkylation sites (N-methyl/N-ethyl adjacent to an activating group) is 1. The number of fused-ring (bicyclic) bond motifs is 1. The first kappa shape index (κ1) is 29.8. The van der Waals surface area contributed by atoms with Gasteiger partial charge in [0.15, 0.2) is 5.75 Å². The molecule has 2 saturated heterocycles. The van der Waals surface area contributed by atoms with Gasteiger partial charge in [-0.25, -0.2) is 4.39 Å². The van der Waals surface area contributed by atoms with Gasteiger partial charge in [0, 0.05) is 61.6 Å². The van der Waals surface area contributed by atoms with E-state index in [2.05, 4.69) is 70.3 Å². The average molecular weight is 622 g/mol. The first-order chi connectivity index (χ1) is 22.1. The van der Waals surface area contributed by atoms with E-state index in [9.17, 15) is 4.39 Å². The molecule has 0 N–H and O–H groups in total. The zero-order valence-corrected chi connectivity index (χ0v) is 26.6. The molecule has 0 aliphatic carbocycles. The van der Waals surface area contributed by atoms with Crippen LogP contribution in [0, 0.1) is 11.7 Å². The van der Waals surface area contributed by atoms with Crippen molar-refractivity contribution in [2.24, 2.45) is 5.92 Å². The molecule has 0 spiro atoms. The summed E-state index contributed by atoms with van der Waals surface area (Å²) in [6.07, 6.45) is 2.48. The first-order valence-electron chi connectivity index (χ1n) is 16.0. The van der Waals surface area contributed by atoms with Crippen LogP contribution >= 0.6 is 11.3 Å². The number of anilines is 1. The van der Waals surface area contributed by atoms with Gasteiger partial charge in [-0.3, -0.25) is 0 Å². The van der Waals surface area contributed by atoms with Crippen LogP contribution in [0.15, 0.2) is 97.1 Å². The third kappa shape index (κ3) is 7.17. The van der Waals surface area contributed by atoms with Gasteiger partial charge >= 0.3 is 0 Å². The minimum Gasteiger partial charge on any atom is -0.489 e. The third-order valence-corrected chi connectivity index (χ3v) is 10.3. The summed E-state index contributed by atoms with van der Waals surface area (Å²) in [5.74, 6) is 2.91. The quantitative estimate of drug-likeness (QED) is 0.165. The highest BCUT2D eigenvalue weighted by Gasteiger charge is 2.24. The van der Waals surface area contributed by atoms with Crippen LogP contribution in [-0.4, -0.2) is 62.7 Å². The first-order valence-corrected chi connectivity index (χ1v) is 16.8. The zero-order chi connectivity index (χ0) is 30.6. The van der Waals surface area contributed by atoms with Crippen LogP contribution in [0.3, 0.4) is 0 Å². The smallest absolute Gasteiger partial charge is 0.153 e. The number of halogens is 1. The molecule has 0 amide bonds. The lowest BCUT2D eigenvalue weighted by Gasteiger charge is -2.38. The van der Waals surface area contributed by atoms with Gasteiger partial charge in [-0.15, -0.1) is 11.3 Å². The molecule has 3 heterocycles. The summed E-state index contributed by atoms with van der Waals surface area (Å²) in [5, 5.41) is 1.01. The number of piperidine rings is 1. The number of rotatable bonds is 9. The Morgan fingerprint density at radius 3 is 2.22 bits per heavy atom. The van der Waals surface area contributed by atoms with E-state index in [1.54, 1.807) is 11.3 Å². The number of hydrogen-bond donors (Lipinski definition) is 0. The second-order valence-electron chi connectivity index (χ2n) is 12.3. The van der Waals surface area contributed by atoms with Crippen molar-refractivity contribution in [3.05, 3.63) is 108 Å². The van der Waals surface area contributed by atoms with Gasteiger partial charge in [-0.1, -0.05) is 42.5 Å². The fraction of sp³-hybridized carbons (Fsp3) is 0.316.